The van der Waals surface area contributed by atoms with E-state index in [1.165, 1.54) is 12.3 Å². The monoisotopic (exact) mass is 346 g/mol. The van der Waals surface area contributed by atoms with Crippen molar-refractivity contribution in [3.05, 3.63) is 93.9 Å². The van der Waals surface area contributed by atoms with Crippen LogP contribution in [-0.2, 0) is 19.5 Å². The molecule has 0 saturated heterocycles. The molecule has 2 aromatic carbocycles. The summed E-state index contributed by atoms with van der Waals surface area (Å²) >= 11 is 0. The van der Waals surface area contributed by atoms with Crippen molar-refractivity contribution in [2.75, 3.05) is 0 Å². The van der Waals surface area contributed by atoms with Gasteiger partial charge in [-0.25, -0.2) is 4.68 Å². The number of hydrogen-bond acceptors (Lipinski definition) is 4. The first kappa shape index (κ1) is 17.7. The molecule has 0 unspecified atom stereocenters. The van der Waals surface area contributed by atoms with Crippen LogP contribution in [0.25, 0.3) is 0 Å². The minimum atomic E-state index is -0.367. The van der Waals surface area contributed by atoms with Gasteiger partial charge in [0.25, 0.3) is 5.56 Å². The third kappa shape index (κ3) is 4.48. The summed E-state index contributed by atoms with van der Waals surface area (Å²) in [5, 5.41) is 4.05. The highest BCUT2D eigenvalue weighted by Crippen LogP contribution is 2.09. The second-order valence-electron chi connectivity index (χ2n) is 5.94. The van der Waals surface area contributed by atoms with Crippen molar-refractivity contribution in [3.63, 3.8) is 0 Å². The van der Waals surface area contributed by atoms with E-state index in [2.05, 4.69) is 12.9 Å². The zero-order chi connectivity index (χ0) is 18.4. The SMILES string of the molecule is BCc1ccc(C(=O)Cn2ncc(OCc3ccccc3)cc2=O)cc1. The third-order valence-corrected chi connectivity index (χ3v) is 4.07. The largest absolute Gasteiger partial charge is 0.487 e. The van der Waals surface area contributed by atoms with Crippen LogP contribution in [0.2, 0.25) is 0 Å². The van der Waals surface area contributed by atoms with Crippen molar-refractivity contribution in [2.24, 2.45) is 0 Å². The number of Topliss-reactive ketones (excluding diaryl/α,β-unsaturated/α-hetero) is 1. The van der Waals surface area contributed by atoms with E-state index in [0.717, 1.165) is 22.1 Å². The molecule has 0 aliphatic rings. The van der Waals surface area contributed by atoms with Gasteiger partial charge in [0.2, 0.25) is 0 Å². The van der Waals surface area contributed by atoms with Crippen LogP contribution in [0.15, 0.2) is 71.7 Å². The van der Waals surface area contributed by atoms with Gasteiger partial charge < -0.3 is 4.74 Å². The maximum Gasteiger partial charge on any atom is 0.270 e. The number of aromatic nitrogens is 2. The summed E-state index contributed by atoms with van der Waals surface area (Å²) in [7, 11) is 2.06. The molecular weight excluding hydrogens is 327 g/mol. The van der Waals surface area contributed by atoms with Crippen molar-refractivity contribution in [3.8, 4) is 5.75 Å². The van der Waals surface area contributed by atoms with Crippen LogP contribution in [0.4, 0.5) is 0 Å². The predicted molar refractivity (Wildman–Crippen MR) is 102 cm³/mol. The molecule has 0 saturated carbocycles. The minimum Gasteiger partial charge on any atom is -0.487 e. The van der Waals surface area contributed by atoms with Crippen molar-refractivity contribution < 1.29 is 9.53 Å². The first-order valence-electron chi connectivity index (χ1n) is 8.51. The smallest absolute Gasteiger partial charge is 0.270 e. The highest BCUT2D eigenvalue weighted by Gasteiger charge is 2.09. The van der Waals surface area contributed by atoms with E-state index in [9.17, 15) is 9.59 Å². The van der Waals surface area contributed by atoms with E-state index in [1.54, 1.807) is 12.1 Å². The van der Waals surface area contributed by atoms with Crippen LogP contribution in [-0.4, -0.2) is 23.4 Å². The molecule has 0 aliphatic carbocycles. The summed E-state index contributed by atoms with van der Waals surface area (Å²) in [4.78, 5) is 24.5. The van der Waals surface area contributed by atoms with Crippen LogP contribution in [0.3, 0.4) is 0 Å². The molecule has 0 N–H and O–H groups in total. The van der Waals surface area contributed by atoms with E-state index < -0.39 is 0 Å². The number of rotatable bonds is 7. The number of carbonyl (C=O) groups is 1. The number of hydrogen-bond donors (Lipinski definition) is 0. The van der Waals surface area contributed by atoms with E-state index in [-0.39, 0.29) is 17.9 Å². The number of carbonyl (C=O) groups excluding carboxylic acids is 1. The summed E-state index contributed by atoms with van der Waals surface area (Å²) in [6, 6.07) is 18.4. The molecule has 0 atom stereocenters. The van der Waals surface area contributed by atoms with Crippen LogP contribution in [0.5, 0.6) is 5.75 Å². The standard InChI is InChI=1S/C20H19BN2O3/c21-11-15-6-8-17(9-7-15)19(24)13-23-20(25)10-18(12-22-23)26-14-16-4-2-1-3-5-16/h1-10,12H,11,13-14,21H2. The Hall–Kier alpha value is -3.15. The molecule has 1 heterocycles. The molecule has 130 valence electrons. The van der Waals surface area contributed by atoms with E-state index in [1.807, 2.05) is 42.5 Å². The molecule has 0 fully saturated rings. The lowest BCUT2D eigenvalue weighted by Crippen LogP contribution is -2.26. The summed E-state index contributed by atoms with van der Waals surface area (Å²) in [5.74, 6) is 0.232. The predicted octanol–water partition coefficient (Wildman–Crippen LogP) is 1.84. The Morgan fingerprint density at radius 2 is 1.77 bits per heavy atom. The quantitative estimate of drug-likeness (QED) is 0.484. The van der Waals surface area contributed by atoms with Gasteiger partial charge in [0.1, 0.15) is 26.7 Å². The van der Waals surface area contributed by atoms with Gasteiger partial charge in [-0.3, -0.25) is 9.59 Å². The lowest BCUT2D eigenvalue weighted by atomic mass is 9.96. The molecule has 0 radical (unpaired) electrons. The van der Waals surface area contributed by atoms with Gasteiger partial charge in [0.05, 0.1) is 6.20 Å². The van der Waals surface area contributed by atoms with Crippen LogP contribution in [0.1, 0.15) is 21.5 Å². The van der Waals surface area contributed by atoms with Crippen LogP contribution < -0.4 is 10.3 Å². The normalized spacial score (nSPS) is 10.5. The first-order valence-corrected chi connectivity index (χ1v) is 8.51. The van der Waals surface area contributed by atoms with E-state index in [4.69, 9.17) is 4.74 Å². The van der Waals surface area contributed by atoms with Crippen molar-refractivity contribution in [2.45, 2.75) is 19.5 Å². The zero-order valence-electron chi connectivity index (χ0n) is 14.6. The number of ether oxygens (including phenoxy) is 1. The minimum absolute atomic E-state index is 0.0940. The summed E-state index contributed by atoms with van der Waals surface area (Å²) in [5.41, 5.74) is 2.37. The maximum atomic E-state index is 12.3. The average molecular weight is 346 g/mol. The molecule has 3 aromatic rings. The fraction of sp³-hybridized carbons (Fsp3) is 0.150. The number of ketones is 1. The first-order chi connectivity index (χ1) is 12.7. The third-order valence-electron chi connectivity index (χ3n) is 4.07. The van der Waals surface area contributed by atoms with Crippen LogP contribution in [0, 0.1) is 0 Å². The molecule has 0 spiro atoms. The lowest BCUT2D eigenvalue weighted by Gasteiger charge is -2.08. The molecule has 0 bridgehead atoms. The molecule has 26 heavy (non-hydrogen) atoms. The number of benzene rings is 2. The van der Waals surface area contributed by atoms with Gasteiger partial charge in [-0.2, -0.15) is 5.10 Å². The van der Waals surface area contributed by atoms with Gasteiger partial charge in [0, 0.05) is 11.6 Å². The zero-order valence-corrected chi connectivity index (χ0v) is 14.6. The van der Waals surface area contributed by atoms with Crippen molar-refractivity contribution in [1.29, 1.82) is 0 Å². The Morgan fingerprint density at radius 3 is 2.42 bits per heavy atom. The average Bonchev–Trinajstić information content (AvgIpc) is 2.69. The van der Waals surface area contributed by atoms with E-state index >= 15 is 0 Å². The highest BCUT2D eigenvalue weighted by atomic mass is 16.5. The molecule has 6 heteroatoms. The Balaban J connectivity index is 1.65. The Morgan fingerprint density at radius 1 is 1.04 bits per heavy atom. The summed E-state index contributed by atoms with van der Waals surface area (Å²) < 4.78 is 6.73. The molecule has 5 nitrogen and oxygen atoms in total. The fourth-order valence-corrected chi connectivity index (χ4v) is 2.51. The number of nitrogens with zero attached hydrogens (tertiary/aromatic N) is 2. The van der Waals surface area contributed by atoms with Gasteiger partial charge in [-0.1, -0.05) is 66.5 Å². The lowest BCUT2D eigenvalue weighted by molar-refractivity contribution is 0.0965. The Bertz CT molecular complexity index is 937. The molecule has 3 rings (SSSR count). The maximum absolute atomic E-state index is 12.3. The fourth-order valence-electron chi connectivity index (χ4n) is 2.51. The summed E-state index contributed by atoms with van der Waals surface area (Å²) in [6.45, 7) is 0.262. The van der Waals surface area contributed by atoms with Gasteiger partial charge in [-0.15, -0.1) is 0 Å². The topological polar surface area (TPSA) is 61.2 Å². The van der Waals surface area contributed by atoms with Gasteiger partial charge in [0.15, 0.2) is 5.78 Å². The second-order valence-corrected chi connectivity index (χ2v) is 5.94. The van der Waals surface area contributed by atoms with Crippen molar-refractivity contribution in [1.82, 2.24) is 9.78 Å². The molecule has 0 aliphatic heterocycles. The Labute approximate surface area is 152 Å². The van der Waals surface area contributed by atoms with Gasteiger partial charge in [-0.05, 0) is 5.56 Å². The highest BCUT2D eigenvalue weighted by molar-refractivity contribution is 6.08. The van der Waals surface area contributed by atoms with E-state index in [0.29, 0.717) is 17.9 Å². The Kier molecular flexibility index (Phi) is 5.64. The van der Waals surface area contributed by atoms with Crippen LogP contribution >= 0.6 is 0 Å². The molecule has 1 aromatic heterocycles. The van der Waals surface area contributed by atoms with Gasteiger partial charge >= 0.3 is 0 Å². The summed E-state index contributed by atoms with van der Waals surface area (Å²) in [6.07, 6.45) is 2.37. The second kappa shape index (κ2) is 8.29. The van der Waals surface area contributed by atoms with Crippen molar-refractivity contribution >= 4 is 13.6 Å². The molecular formula is C20H19BN2O3. The molecule has 0 amide bonds.